The molecule has 19 heteroatoms. The molecular formula is C28H16F11IN2O5. The summed E-state index contributed by atoms with van der Waals surface area (Å²) < 4.78 is 153. The molecular weight excluding hydrogens is 780 g/mol. The van der Waals surface area contributed by atoms with Gasteiger partial charge in [-0.1, -0.05) is 6.07 Å². The molecule has 0 spiro atoms. The number of carbonyl (C=O) groups excluding carboxylic acids is 3. The largest absolute Gasteiger partial charge is 0.435 e. The molecule has 0 aliphatic heterocycles. The van der Waals surface area contributed by atoms with Crippen molar-refractivity contribution >= 4 is 51.7 Å². The number of anilines is 2. The number of rotatable bonds is 8. The first-order valence-electron chi connectivity index (χ1n) is 12.8. The van der Waals surface area contributed by atoms with Crippen molar-refractivity contribution < 1.29 is 72.3 Å². The van der Waals surface area contributed by atoms with Crippen molar-refractivity contribution in [3.05, 3.63) is 86.5 Å². The third kappa shape index (κ3) is 7.38. The molecule has 0 aromatic heterocycles. The smallest absolute Gasteiger partial charge is 0.433 e. The molecule has 0 bridgehead atoms. The predicted molar refractivity (Wildman–Crippen MR) is 147 cm³/mol. The highest BCUT2D eigenvalue weighted by molar-refractivity contribution is 14.1. The first-order chi connectivity index (χ1) is 21.8. The molecule has 1 saturated carbocycles. The topological polar surface area (TPSA) is 84.9 Å². The molecule has 1 fully saturated rings. The van der Waals surface area contributed by atoms with Gasteiger partial charge in [-0.05, 0) is 84.0 Å². The molecule has 252 valence electrons. The van der Waals surface area contributed by atoms with E-state index in [0.717, 1.165) is 65.1 Å². The monoisotopic (exact) mass is 796 g/mol. The summed E-state index contributed by atoms with van der Waals surface area (Å²) in [5.74, 6) is -8.24. The summed E-state index contributed by atoms with van der Waals surface area (Å²) in [7, 11) is 0. The third-order valence-corrected chi connectivity index (χ3v) is 7.35. The van der Waals surface area contributed by atoms with E-state index >= 15 is 4.39 Å². The van der Waals surface area contributed by atoms with Crippen LogP contribution >= 0.6 is 22.6 Å². The molecule has 3 aromatic carbocycles. The molecule has 1 aliphatic rings. The molecule has 4 rings (SSSR count). The van der Waals surface area contributed by atoms with Gasteiger partial charge >= 0.3 is 30.6 Å². The summed E-state index contributed by atoms with van der Waals surface area (Å²) >= 11 is 1.00. The van der Waals surface area contributed by atoms with Crippen LogP contribution in [-0.4, -0.2) is 36.7 Å². The number of nitrogens with zero attached hydrogens (tertiary/aromatic N) is 1. The van der Waals surface area contributed by atoms with Gasteiger partial charge in [0.15, 0.2) is 11.6 Å². The van der Waals surface area contributed by atoms with Crippen LogP contribution in [0.15, 0.2) is 54.6 Å². The number of hydroxylamine groups is 1. The molecule has 0 unspecified atom stereocenters. The van der Waals surface area contributed by atoms with Crippen LogP contribution < -0.4 is 15.1 Å². The number of alkyl halides is 9. The zero-order valence-electron chi connectivity index (χ0n) is 22.8. The van der Waals surface area contributed by atoms with Crippen molar-refractivity contribution in [2.45, 2.75) is 37.5 Å². The van der Waals surface area contributed by atoms with Gasteiger partial charge in [0, 0.05) is 14.7 Å². The summed E-state index contributed by atoms with van der Waals surface area (Å²) in [6.07, 6.45) is -12.5. The van der Waals surface area contributed by atoms with Crippen LogP contribution in [0, 0.1) is 21.1 Å². The maximum atomic E-state index is 15.8. The number of nitrogens with one attached hydrogen (secondary N) is 1. The lowest BCUT2D eigenvalue weighted by molar-refractivity contribution is -0.348. The molecule has 2 amide bonds. The van der Waals surface area contributed by atoms with E-state index in [4.69, 9.17) is 4.84 Å². The summed E-state index contributed by atoms with van der Waals surface area (Å²) in [5.41, 5.74) is -11.4. The number of benzene rings is 3. The summed E-state index contributed by atoms with van der Waals surface area (Å²) in [6.45, 7) is -3.91. The van der Waals surface area contributed by atoms with Crippen molar-refractivity contribution in [1.29, 1.82) is 0 Å². The lowest BCUT2D eigenvalue weighted by atomic mass is 9.93. The third-order valence-electron chi connectivity index (χ3n) is 6.50. The fourth-order valence-electron chi connectivity index (χ4n) is 4.00. The quantitative estimate of drug-likeness (QED) is 0.141. The molecule has 1 N–H and O–H groups in total. The van der Waals surface area contributed by atoms with E-state index in [1.807, 2.05) is 5.32 Å². The van der Waals surface area contributed by atoms with Crippen LogP contribution in [-0.2, 0) is 15.3 Å². The van der Waals surface area contributed by atoms with Crippen LogP contribution in [0.1, 0.15) is 39.1 Å². The second kappa shape index (κ2) is 13.1. The van der Waals surface area contributed by atoms with Crippen molar-refractivity contribution in [2.24, 2.45) is 5.92 Å². The molecule has 1 aliphatic carbocycles. The van der Waals surface area contributed by atoms with Crippen LogP contribution in [0.4, 0.5) is 59.7 Å². The Bertz CT molecular complexity index is 1680. The summed E-state index contributed by atoms with van der Waals surface area (Å²) in [6, 6.07) is 5.93. The minimum Gasteiger partial charge on any atom is -0.433 e. The van der Waals surface area contributed by atoms with E-state index in [1.54, 1.807) is 0 Å². The van der Waals surface area contributed by atoms with Gasteiger partial charge in [0.25, 0.3) is 11.8 Å². The van der Waals surface area contributed by atoms with E-state index in [-0.39, 0.29) is 22.8 Å². The maximum Gasteiger partial charge on any atom is 0.435 e. The Morgan fingerprint density at radius 2 is 1.49 bits per heavy atom. The summed E-state index contributed by atoms with van der Waals surface area (Å²) in [4.78, 5) is 43.8. The lowest BCUT2D eigenvalue weighted by Gasteiger charge is -2.31. The van der Waals surface area contributed by atoms with Gasteiger partial charge < -0.3 is 14.9 Å². The Kier molecular flexibility index (Phi) is 9.98. The van der Waals surface area contributed by atoms with Gasteiger partial charge in [-0.2, -0.15) is 35.1 Å². The van der Waals surface area contributed by atoms with E-state index in [1.165, 1.54) is 0 Å². The average molecular weight is 796 g/mol. The average Bonchev–Trinajstić information content (AvgIpc) is 3.82. The first-order valence-corrected chi connectivity index (χ1v) is 13.9. The zero-order chi connectivity index (χ0) is 35.1. The number of halogens is 12. The number of carbonyl (C=O) groups is 3. The first kappa shape index (κ1) is 35.7. The Balaban J connectivity index is 1.76. The van der Waals surface area contributed by atoms with Crippen molar-refractivity contribution in [3.63, 3.8) is 0 Å². The SMILES string of the molecule is O=C(Nc1c(I)cc(C(F)(C(F)(F)F)C(F)(F)F)cc1OC(F)F)c1cccc(N(OC(=O)C2CC2)C(=O)c2ccc(F)cc2)c1F. The standard InChI is InChI=1S/C28H16F11IN2O5/c29-15-8-6-12(7-9-15)23(44)42(47-24(45)13-4-5-13)18-3-1-2-16(20(18)30)22(43)41-21-17(40)10-14(11-19(21)46-25(31)32)26(33,27(34,35)36)28(37,38)39/h1-3,6-11,13,25H,4-5H2,(H,41,43). The van der Waals surface area contributed by atoms with Crippen molar-refractivity contribution in [1.82, 2.24) is 0 Å². The van der Waals surface area contributed by atoms with Gasteiger partial charge in [-0.15, -0.1) is 5.06 Å². The Morgan fingerprint density at radius 1 is 0.894 bits per heavy atom. The number of hydrogen-bond acceptors (Lipinski definition) is 5. The highest BCUT2D eigenvalue weighted by atomic mass is 127. The zero-order valence-corrected chi connectivity index (χ0v) is 24.9. The lowest BCUT2D eigenvalue weighted by Crippen LogP contribution is -2.50. The normalized spacial score (nSPS) is 13.7. The fraction of sp³-hybridized carbons (Fsp3) is 0.250. The number of ether oxygens (including phenoxy) is 1. The van der Waals surface area contributed by atoms with Gasteiger partial charge in [-0.25, -0.2) is 18.0 Å². The predicted octanol–water partition coefficient (Wildman–Crippen LogP) is 8.23. The van der Waals surface area contributed by atoms with Gasteiger partial charge in [0.1, 0.15) is 11.5 Å². The fourth-order valence-corrected chi connectivity index (χ4v) is 4.74. The van der Waals surface area contributed by atoms with Crippen molar-refractivity contribution in [3.8, 4) is 5.75 Å². The minimum absolute atomic E-state index is 0.0390. The molecule has 47 heavy (non-hydrogen) atoms. The Labute approximate surface area is 269 Å². The van der Waals surface area contributed by atoms with Crippen molar-refractivity contribution in [2.75, 3.05) is 10.4 Å². The molecule has 3 aromatic rings. The van der Waals surface area contributed by atoms with Crippen LogP contribution in [0.25, 0.3) is 0 Å². The second-order valence-corrected chi connectivity index (χ2v) is 10.9. The number of amides is 2. The molecule has 0 atom stereocenters. The second-order valence-electron chi connectivity index (χ2n) is 9.75. The van der Waals surface area contributed by atoms with E-state index in [9.17, 15) is 58.3 Å². The molecule has 0 radical (unpaired) electrons. The molecule has 0 saturated heterocycles. The number of hydrogen-bond donors (Lipinski definition) is 1. The Hall–Kier alpha value is -4.17. The van der Waals surface area contributed by atoms with E-state index in [2.05, 4.69) is 4.74 Å². The molecule has 7 nitrogen and oxygen atoms in total. The van der Waals surface area contributed by atoms with Gasteiger partial charge in [0.05, 0.1) is 17.2 Å². The highest BCUT2D eigenvalue weighted by Gasteiger charge is 2.73. The van der Waals surface area contributed by atoms with Crippen LogP contribution in [0.2, 0.25) is 0 Å². The van der Waals surface area contributed by atoms with E-state index in [0.29, 0.717) is 12.8 Å². The Morgan fingerprint density at radius 3 is 2.02 bits per heavy atom. The maximum absolute atomic E-state index is 15.8. The molecule has 0 heterocycles. The minimum atomic E-state index is -6.62. The van der Waals surface area contributed by atoms with Crippen LogP contribution in [0.5, 0.6) is 5.75 Å². The van der Waals surface area contributed by atoms with E-state index < -0.39 is 91.8 Å². The summed E-state index contributed by atoms with van der Waals surface area (Å²) in [5, 5.41) is 2.00. The van der Waals surface area contributed by atoms with Gasteiger partial charge in [-0.3, -0.25) is 9.59 Å². The van der Waals surface area contributed by atoms with Crippen LogP contribution in [0.3, 0.4) is 0 Å². The highest BCUT2D eigenvalue weighted by Crippen LogP contribution is 2.54. The van der Waals surface area contributed by atoms with Gasteiger partial charge in [0.2, 0.25) is 0 Å².